The summed E-state index contributed by atoms with van der Waals surface area (Å²) in [7, 11) is 0. The summed E-state index contributed by atoms with van der Waals surface area (Å²) in [6.07, 6.45) is -1.49. The minimum absolute atomic E-state index is 0.0688. The molecule has 10 nitrogen and oxygen atoms in total. The van der Waals surface area contributed by atoms with E-state index in [9.17, 15) is 27.6 Å². The molecule has 1 atom stereocenters. The van der Waals surface area contributed by atoms with Gasteiger partial charge in [0.1, 0.15) is 0 Å². The SMILES string of the molecule is CC1(N)CCN(C2CCN(C(=O)[C@@H](Cc3cccc(C(F)(F)F)c3)OC(=O)N3CCC(N4CCc5ccccc5NC4=O)CC3)CC2)CC1. The number of hydrogen-bond donors (Lipinski definition) is 2. The number of alkyl halides is 3. The van der Waals surface area contributed by atoms with Crippen molar-refractivity contribution in [2.75, 3.05) is 51.1 Å². The molecule has 2 aromatic rings. The summed E-state index contributed by atoms with van der Waals surface area (Å²) in [4.78, 5) is 48.0. The van der Waals surface area contributed by atoms with Gasteiger partial charge in [0, 0.05) is 75.5 Å². The number of piperidine rings is 3. The molecular formula is C36H47F3N6O4. The molecule has 3 N–H and O–H groups in total. The smallest absolute Gasteiger partial charge is 0.416 e. The highest BCUT2D eigenvalue weighted by molar-refractivity contribution is 5.91. The van der Waals surface area contributed by atoms with Crippen LogP contribution in [0.25, 0.3) is 0 Å². The Morgan fingerprint density at radius 1 is 0.918 bits per heavy atom. The Hall–Kier alpha value is -3.84. The van der Waals surface area contributed by atoms with Crippen molar-refractivity contribution < 1.29 is 32.3 Å². The Morgan fingerprint density at radius 2 is 1.57 bits per heavy atom. The average molecular weight is 685 g/mol. The Morgan fingerprint density at radius 3 is 2.27 bits per heavy atom. The zero-order valence-corrected chi connectivity index (χ0v) is 28.1. The van der Waals surface area contributed by atoms with Gasteiger partial charge in [-0.15, -0.1) is 0 Å². The van der Waals surface area contributed by atoms with Crippen LogP contribution in [0.1, 0.15) is 62.1 Å². The number of amides is 4. The number of para-hydroxylation sites is 1. The Balaban J connectivity index is 1.08. The Bertz CT molecular complexity index is 1490. The van der Waals surface area contributed by atoms with Crippen molar-refractivity contribution in [3.05, 3.63) is 65.2 Å². The van der Waals surface area contributed by atoms with E-state index in [-0.39, 0.29) is 29.6 Å². The number of nitrogens with two attached hydrogens (primary N) is 1. The molecule has 4 aliphatic heterocycles. The lowest BCUT2D eigenvalue weighted by atomic mass is 9.89. The number of benzene rings is 2. The van der Waals surface area contributed by atoms with E-state index in [2.05, 4.69) is 17.1 Å². The third-order valence-corrected chi connectivity index (χ3v) is 10.7. The van der Waals surface area contributed by atoms with Crippen LogP contribution >= 0.6 is 0 Å². The maximum Gasteiger partial charge on any atom is 0.416 e. The summed E-state index contributed by atoms with van der Waals surface area (Å²) >= 11 is 0. The van der Waals surface area contributed by atoms with Gasteiger partial charge < -0.3 is 35.4 Å². The average Bonchev–Trinajstić information content (AvgIpc) is 3.25. The van der Waals surface area contributed by atoms with E-state index >= 15 is 0 Å². The number of carbonyl (C=O) groups is 3. The lowest BCUT2D eigenvalue weighted by Gasteiger charge is -2.44. The largest absolute Gasteiger partial charge is 0.436 e. The lowest BCUT2D eigenvalue weighted by molar-refractivity contribution is -0.142. The molecule has 0 bridgehead atoms. The molecule has 0 saturated carbocycles. The fourth-order valence-electron chi connectivity index (χ4n) is 7.62. The monoisotopic (exact) mass is 684 g/mol. The van der Waals surface area contributed by atoms with Gasteiger partial charge in [-0.05, 0) is 75.1 Å². The predicted molar refractivity (Wildman–Crippen MR) is 179 cm³/mol. The molecule has 3 fully saturated rings. The fourth-order valence-corrected chi connectivity index (χ4v) is 7.62. The van der Waals surface area contributed by atoms with Crippen LogP contribution in [0.5, 0.6) is 0 Å². The first-order valence-electron chi connectivity index (χ1n) is 17.5. The number of nitrogens with one attached hydrogen (secondary N) is 1. The van der Waals surface area contributed by atoms with Crippen LogP contribution in [-0.4, -0.2) is 107 Å². The maximum atomic E-state index is 13.9. The topological polar surface area (TPSA) is 111 Å². The summed E-state index contributed by atoms with van der Waals surface area (Å²) in [6.45, 7) is 6.07. The number of hydrogen-bond acceptors (Lipinski definition) is 6. The molecule has 0 spiro atoms. The van der Waals surface area contributed by atoms with E-state index < -0.39 is 29.8 Å². The Kier molecular flexibility index (Phi) is 10.4. The number of fused-ring (bicyclic) bond motifs is 1. The van der Waals surface area contributed by atoms with Crippen molar-refractivity contribution in [2.45, 2.75) is 88.2 Å². The second kappa shape index (κ2) is 14.6. The standard InChI is InChI=1S/C36H47F3N6O4/c1-35(40)14-21-42(22-15-35)28-10-16-43(17-11-28)32(46)31(24-25-5-4-7-27(23-25)36(37,38)39)49-34(48)44-18-12-29(13-19-44)45-20-9-26-6-2-3-8-30(26)41-33(45)47/h2-8,23,28-29,31H,9-22,24,40H2,1H3,(H,41,47)/t31-/m1/s1. The van der Waals surface area contributed by atoms with Crippen LogP contribution in [0, 0.1) is 0 Å². The van der Waals surface area contributed by atoms with Gasteiger partial charge in [0.05, 0.1) is 5.56 Å². The molecule has 6 rings (SSSR count). The maximum absolute atomic E-state index is 13.9. The minimum Gasteiger partial charge on any atom is -0.436 e. The molecular weight excluding hydrogens is 637 g/mol. The molecule has 4 amide bonds. The molecule has 0 aliphatic carbocycles. The normalized spacial score (nSPS) is 21.8. The summed E-state index contributed by atoms with van der Waals surface area (Å²) < 4.78 is 46.4. The van der Waals surface area contributed by atoms with Gasteiger partial charge in [-0.25, -0.2) is 9.59 Å². The van der Waals surface area contributed by atoms with Crippen LogP contribution in [0.2, 0.25) is 0 Å². The number of halogens is 3. The van der Waals surface area contributed by atoms with Gasteiger partial charge in [0.15, 0.2) is 6.10 Å². The molecule has 0 unspecified atom stereocenters. The summed E-state index contributed by atoms with van der Waals surface area (Å²) in [5.74, 6) is -0.395. The van der Waals surface area contributed by atoms with E-state index in [0.717, 1.165) is 68.6 Å². The zero-order valence-electron chi connectivity index (χ0n) is 28.1. The van der Waals surface area contributed by atoms with Crippen LogP contribution in [0.15, 0.2) is 48.5 Å². The number of rotatable bonds is 6. The van der Waals surface area contributed by atoms with Gasteiger partial charge in [0.25, 0.3) is 5.91 Å². The fraction of sp³-hybridized carbons (Fsp3) is 0.583. The molecule has 4 heterocycles. The molecule has 3 saturated heterocycles. The minimum atomic E-state index is -4.54. The second-order valence-corrected chi connectivity index (χ2v) is 14.3. The quantitative estimate of drug-likeness (QED) is 0.438. The zero-order chi connectivity index (χ0) is 34.8. The van der Waals surface area contributed by atoms with Crippen molar-refractivity contribution >= 4 is 23.7 Å². The van der Waals surface area contributed by atoms with Gasteiger partial charge in [-0.2, -0.15) is 13.2 Å². The van der Waals surface area contributed by atoms with E-state index in [1.807, 2.05) is 29.2 Å². The van der Waals surface area contributed by atoms with Crippen molar-refractivity contribution in [1.29, 1.82) is 0 Å². The van der Waals surface area contributed by atoms with E-state index in [1.165, 1.54) is 17.0 Å². The number of urea groups is 1. The molecule has 13 heteroatoms. The van der Waals surface area contributed by atoms with Gasteiger partial charge in [-0.3, -0.25) is 4.79 Å². The number of likely N-dealkylation sites (tertiary alicyclic amines) is 3. The van der Waals surface area contributed by atoms with Crippen LogP contribution < -0.4 is 11.1 Å². The van der Waals surface area contributed by atoms with E-state index in [1.54, 1.807) is 4.90 Å². The molecule has 266 valence electrons. The summed E-state index contributed by atoms with van der Waals surface area (Å²) in [5, 5.41) is 3.00. The number of ether oxygens (including phenoxy) is 1. The highest BCUT2D eigenvalue weighted by atomic mass is 19.4. The van der Waals surface area contributed by atoms with E-state index in [4.69, 9.17) is 10.5 Å². The highest BCUT2D eigenvalue weighted by Crippen LogP contribution is 2.31. The van der Waals surface area contributed by atoms with Crippen molar-refractivity contribution in [1.82, 2.24) is 19.6 Å². The molecule has 0 aromatic heterocycles. The molecule has 49 heavy (non-hydrogen) atoms. The number of carbonyl (C=O) groups excluding carboxylic acids is 3. The first kappa shape index (κ1) is 35.0. The van der Waals surface area contributed by atoms with Gasteiger partial charge in [0.2, 0.25) is 0 Å². The number of nitrogens with zero attached hydrogens (tertiary/aromatic N) is 4. The van der Waals surface area contributed by atoms with Crippen molar-refractivity contribution in [3.63, 3.8) is 0 Å². The first-order chi connectivity index (χ1) is 23.4. The van der Waals surface area contributed by atoms with Gasteiger partial charge >= 0.3 is 18.3 Å². The molecule has 2 aromatic carbocycles. The summed E-state index contributed by atoms with van der Waals surface area (Å²) in [5.41, 5.74) is 7.49. The predicted octanol–water partition coefficient (Wildman–Crippen LogP) is 5.11. The first-order valence-corrected chi connectivity index (χ1v) is 17.5. The third kappa shape index (κ3) is 8.49. The van der Waals surface area contributed by atoms with E-state index in [0.29, 0.717) is 51.6 Å². The molecule has 0 radical (unpaired) electrons. The van der Waals surface area contributed by atoms with Crippen LogP contribution in [0.3, 0.4) is 0 Å². The van der Waals surface area contributed by atoms with Crippen molar-refractivity contribution in [2.24, 2.45) is 5.73 Å². The van der Waals surface area contributed by atoms with Crippen LogP contribution in [0.4, 0.5) is 28.4 Å². The lowest BCUT2D eigenvalue weighted by Crippen LogP contribution is -2.55. The Labute approximate surface area is 285 Å². The van der Waals surface area contributed by atoms with Crippen molar-refractivity contribution in [3.8, 4) is 0 Å². The number of anilines is 1. The van der Waals surface area contributed by atoms with Gasteiger partial charge in [-0.1, -0.05) is 36.4 Å². The molecule has 4 aliphatic rings. The summed E-state index contributed by atoms with van der Waals surface area (Å²) in [6, 6.07) is 12.6. The second-order valence-electron chi connectivity index (χ2n) is 14.3. The van der Waals surface area contributed by atoms with Crippen LogP contribution in [-0.2, 0) is 28.5 Å². The highest BCUT2D eigenvalue weighted by Gasteiger charge is 2.38. The third-order valence-electron chi connectivity index (χ3n) is 10.7.